The maximum atomic E-state index is 10.4. The Morgan fingerprint density at radius 3 is 2.74 bits per heavy atom. The Morgan fingerprint density at radius 2 is 2.00 bits per heavy atom. The summed E-state index contributed by atoms with van der Waals surface area (Å²) < 4.78 is 0. The standard InChI is InChI=1S/C14H14ClN3O/c15-14-12(5-3-6-13(14)18-10-19)17-9-7-11-4-1-2-8-16-11/h1-6,8,10,17H,7,9H2,(H,18,19). The summed E-state index contributed by atoms with van der Waals surface area (Å²) >= 11 is 6.17. The van der Waals surface area contributed by atoms with Crippen LogP contribution in [0.3, 0.4) is 0 Å². The molecule has 0 bridgehead atoms. The summed E-state index contributed by atoms with van der Waals surface area (Å²) in [5.41, 5.74) is 2.41. The van der Waals surface area contributed by atoms with Gasteiger partial charge in [0, 0.05) is 24.9 Å². The topological polar surface area (TPSA) is 54.0 Å². The third kappa shape index (κ3) is 3.69. The summed E-state index contributed by atoms with van der Waals surface area (Å²) in [7, 11) is 0. The number of amides is 1. The third-order valence-corrected chi connectivity index (χ3v) is 3.04. The van der Waals surface area contributed by atoms with E-state index in [1.165, 1.54) is 0 Å². The quantitative estimate of drug-likeness (QED) is 0.797. The summed E-state index contributed by atoms with van der Waals surface area (Å²) in [5, 5.41) is 6.30. The van der Waals surface area contributed by atoms with Crippen molar-refractivity contribution in [1.82, 2.24) is 4.98 Å². The van der Waals surface area contributed by atoms with E-state index in [9.17, 15) is 4.79 Å². The van der Waals surface area contributed by atoms with Crippen molar-refractivity contribution < 1.29 is 4.79 Å². The molecule has 1 aromatic heterocycles. The van der Waals surface area contributed by atoms with E-state index in [1.807, 2.05) is 30.3 Å². The molecule has 0 aliphatic rings. The maximum absolute atomic E-state index is 10.4. The molecule has 0 atom stereocenters. The monoisotopic (exact) mass is 275 g/mol. The number of hydrogen-bond donors (Lipinski definition) is 2. The Kier molecular flexibility index (Phi) is 4.75. The predicted molar refractivity (Wildman–Crippen MR) is 77.6 cm³/mol. The van der Waals surface area contributed by atoms with E-state index in [4.69, 9.17) is 11.6 Å². The van der Waals surface area contributed by atoms with Gasteiger partial charge < -0.3 is 10.6 Å². The molecular weight excluding hydrogens is 262 g/mol. The minimum absolute atomic E-state index is 0.510. The Hall–Kier alpha value is -2.07. The first kappa shape index (κ1) is 13.4. The molecule has 0 saturated carbocycles. The van der Waals surface area contributed by atoms with Gasteiger partial charge in [-0.05, 0) is 24.3 Å². The average Bonchev–Trinajstić information content (AvgIpc) is 2.44. The Balaban J connectivity index is 1.96. The lowest BCUT2D eigenvalue weighted by Crippen LogP contribution is -2.07. The minimum atomic E-state index is 0.510. The highest BCUT2D eigenvalue weighted by Crippen LogP contribution is 2.29. The zero-order valence-electron chi connectivity index (χ0n) is 10.3. The van der Waals surface area contributed by atoms with E-state index in [2.05, 4.69) is 15.6 Å². The molecule has 2 rings (SSSR count). The molecule has 19 heavy (non-hydrogen) atoms. The number of rotatable bonds is 6. The van der Waals surface area contributed by atoms with Gasteiger partial charge in [-0.1, -0.05) is 23.7 Å². The second kappa shape index (κ2) is 6.75. The SMILES string of the molecule is O=CNc1cccc(NCCc2ccccn2)c1Cl. The molecule has 0 radical (unpaired) electrons. The van der Waals surface area contributed by atoms with E-state index in [0.717, 1.165) is 24.3 Å². The third-order valence-electron chi connectivity index (χ3n) is 2.64. The van der Waals surface area contributed by atoms with Crippen molar-refractivity contribution in [1.29, 1.82) is 0 Å². The molecule has 1 aromatic carbocycles. The molecule has 0 aliphatic carbocycles. The molecule has 2 aromatic rings. The smallest absolute Gasteiger partial charge is 0.211 e. The number of nitrogens with one attached hydrogen (secondary N) is 2. The van der Waals surface area contributed by atoms with Crippen LogP contribution in [0.15, 0.2) is 42.6 Å². The van der Waals surface area contributed by atoms with Crippen molar-refractivity contribution in [2.45, 2.75) is 6.42 Å². The normalized spacial score (nSPS) is 9.95. The molecule has 1 amide bonds. The first-order valence-corrected chi connectivity index (χ1v) is 6.31. The second-order valence-electron chi connectivity index (χ2n) is 3.93. The number of aromatic nitrogens is 1. The lowest BCUT2D eigenvalue weighted by atomic mass is 10.2. The van der Waals surface area contributed by atoms with Crippen molar-refractivity contribution >= 4 is 29.4 Å². The molecule has 2 N–H and O–H groups in total. The zero-order chi connectivity index (χ0) is 13.5. The number of anilines is 2. The number of pyridine rings is 1. The van der Waals surface area contributed by atoms with E-state index >= 15 is 0 Å². The van der Waals surface area contributed by atoms with Crippen LogP contribution in [0.4, 0.5) is 11.4 Å². The Bertz CT molecular complexity index is 546. The van der Waals surface area contributed by atoms with Crippen molar-refractivity contribution in [3.8, 4) is 0 Å². The Labute approximate surface area is 116 Å². The van der Waals surface area contributed by atoms with Gasteiger partial charge in [-0.2, -0.15) is 0 Å². The first-order chi connectivity index (χ1) is 9.31. The molecule has 0 unspecified atom stereocenters. The van der Waals surface area contributed by atoms with Gasteiger partial charge in [0.25, 0.3) is 0 Å². The summed E-state index contributed by atoms with van der Waals surface area (Å²) in [4.78, 5) is 14.7. The van der Waals surface area contributed by atoms with E-state index < -0.39 is 0 Å². The minimum Gasteiger partial charge on any atom is -0.383 e. The van der Waals surface area contributed by atoms with E-state index in [1.54, 1.807) is 12.3 Å². The number of halogens is 1. The van der Waals surface area contributed by atoms with Gasteiger partial charge in [0.05, 0.1) is 16.4 Å². The molecule has 98 valence electrons. The highest BCUT2D eigenvalue weighted by atomic mass is 35.5. The molecule has 1 heterocycles. The number of carbonyl (C=O) groups excluding carboxylic acids is 1. The van der Waals surface area contributed by atoms with E-state index in [-0.39, 0.29) is 0 Å². The Morgan fingerprint density at radius 1 is 1.16 bits per heavy atom. The van der Waals surface area contributed by atoms with Gasteiger partial charge in [0.2, 0.25) is 6.41 Å². The molecule has 0 fully saturated rings. The van der Waals surface area contributed by atoms with Crippen LogP contribution in [0.2, 0.25) is 5.02 Å². The summed E-state index contributed by atoms with van der Waals surface area (Å²) in [6, 6.07) is 11.3. The lowest BCUT2D eigenvalue weighted by molar-refractivity contribution is -0.105. The summed E-state index contributed by atoms with van der Waals surface area (Å²) in [5.74, 6) is 0. The fourth-order valence-corrected chi connectivity index (χ4v) is 1.96. The van der Waals surface area contributed by atoms with Crippen molar-refractivity contribution in [2.24, 2.45) is 0 Å². The average molecular weight is 276 g/mol. The van der Waals surface area contributed by atoms with Gasteiger partial charge in [-0.25, -0.2) is 0 Å². The molecule has 4 nitrogen and oxygen atoms in total. The highest BCUT2D eigenvalue weighted by Gasteiger charge is 2.04. The van der Waals surface area contributed by atoms with Crippen LogP contribution < -0.4 is 10.6 Å². The highest BCUT2D eigenvalue weighted by molar-refractivity contribution is 6.36. The van der Waals surface area contributed by atoms with Gasteiger partial charge in [-0.15, -0.1) is 0 Å². The molecular formula is C14H14ClN3O. The van der Waals surface area contributed by atoms with Crippen LogP contribution in [0.25, 0.3) is 0 Å². The van der Waals surface area contributed by atoms with E-state index in [0.29, 0.717) is 17.1 Å². The number of hydrogen-bond acceptors (Lipinski definition) is 3. The van der Waals surface area contributed by atoms with Crippen LogP contribution in [0.5, 0.6) is 0 Å². The van der Waals surface area contributed by atoms with Crippen LogP contribution in [-0.2, 0) is 11.2 Å². The van der Waals surface area contributed by atoms with Gasteiger partial charge in [-0.3, -0.25) is 9.78 Å². The van der Waals surface area contributed by atoms with Crippen molar-refractivity contribution in [2.75, 3.05) is 17.2 Å². The first-order valence-electron chi connectivity index (χ1n) is 5.93. The van der Waals surface area contributed by atoms with Crippen LogP contribution >= 0.6 is 11.6 Å². The van der Waals surface area contributed by atoms with Crippen LogP contribution in [0.1, 0.15) is 5.69 Å². The van der Waals surface area contributed by atoms with Crippen LogP contribution in [0, 0.1) is 0 Å². The number of carbonyl (C=O) groups is 1. The molecule has 0 spiro atoms. The lowest BCUT2D eigenvalue weighted by Gasteiger charge is -2.10. The summed E-state index contributed by atoms with van der Waals surface area (Å²) in [6.45, 7) is 0.723. The zero-order valence-corrected chi connectivity index (χ0v) is 11.0. The predicted octanol–water partition coefficient (Wildman–Crippen LogP) is 2.96. The van der Waals surface area contributed by atoms with Crippen LogP contribution in [-0.4, -0.2) is 17.9 Å². The second-order valence-corrected chi connectivity index (χ2v) is 4.31. The van der Waals surface area contributed by atoms with Crippen molar-refractivity contribution in [3.05, 3.63) is 53.3 Å². The molecule has 0 aliphatic heterocycles. The van der Waals surface area contributed by atoms with Crippen molar-refractivity contribution in [3.63, 3.8) is 0 Å². The van der Waals surface area contributed by atoms with Gasteiger partial charge in [0.1, 0.15) is 0 Å². The fourth-order valence-electron chi connectivity index (χ4n) is 1.71. The van der Waals surface area contributed by atoms with Gasteiger partial charge >= 0.3 is 0 Å². The summed E-state index contributed by atoms with van der Waals surface area (Å²) in [6.07, 6.45) is 3.19. The number of benzene rings is 1. The molecule has 5 heteroatoms. The molecule has 0 saturated heterocycles. The fraction of sp³-hybridized carbons (Fsp3) is 0.143. The van der Waals surface area contributed by atoms with Gasteiger partial charge in [0.15, 0.2) is 0 Å². The largest absolute Gasteiger partial charge is 0.383 e. The maximum Gasteiger partial charge on any atom is 0.211 e. The number of nitrogens with zero attached hydrogens (tertiary/aromatic N) is 1.